The van der Waals surface area contributed by atoms with E-state index in [1.165, 1.54) is 0 Å². The number of ether oxygens (including phenoxy) is 1. The number of rotatable bonds is 5. The first-order valence-corrected chi connectivity index (χ1v) is 6.88. The van der Waals surface area contributed by atoms with E-state index >= 15 is 0 Å². The fourth-order valence-corrected chi connectivity index (χ4v) is 1.82. The van der Waals surface area contributed by atoms with Crippen LogP contribution < -0.4 is 5.32 Å². The lowest BCUT2D eigenvalue weighted by atomic mass is 10.3. The summed E-state index contributed by atoms with van der Waals surface area (Å²) >= 11 is 0. The molecule has 110 valence electrons. The summed E-state index contributed by atoms with van der Waals surface area (Å²) in [7, 11) is 2.01. The molecule has 1 rings (SSSR count). The van der Waals surface area contributed by atoms with E-state index in [-0.39, 0.29) is 6.10 Å². The highest BCUT2D eigenvalue weighted by atomic mass is 16.5. The zero-order valence-corrected chi connectivity index (χ0v) is 12.1. The van der Waals surface area contributed by atoms with Crippen molar-refractivity contribution in [2.24, 2.45) is 0 Å². The average molecular weight is 271 g/mol. The number of piperazine rings is 1. The molecule has 0 spiro atoms. The van der Waals surface area contributed by atoms with Crippen LogP contribution in [0.4, 0.5) is 0 Å². The van der Waals surface area contributed by atoms with Crippen molar-refractivity contribution in [3.05, 3.63) is 0 Å². The Morgan fingerprint density at radius 2 is 1.84 bits per heavy atom. The molecule has 1 N–H and O–H groups in total. The second-order valence-corrected chi connectivity index (χ2v) is 5.12. The first-order chi connectivity index (χ1) is 9.00. The van der Waals surface area contributed by atoms with E-state index in [9.17, 15) is 9.59 Å². The van der Waals surface area contributed by atoms with Gasteiger partial charge in [-0.1, -0.05) is 0 Å². The van der Waals surface area contributed by atoms with Gasteiger partial charge in [0.25, 0.3) is 0 Å². The summed E-state index contributed by atoms with van der Waals surface area (Å²) in [5.74, 6) is -0.924. The fraction of sp³-hybridized carbons (Fsp3) is 0.846. The van der Waals surface area contributed by atoms with Crippen molar-refractivity contribution in [2.75, 3.05) is 46.4 Å². The van der Waals surface area contributed by atoms with Crippen LogP contribution in [0.25, 0.3) is 0 Å². The summed E-state index contributed by atoms with van der Waals surface area (Å²) in [6.45, 7) is 7.90. The van der Waals surface area contributed by atoms with Crippen LogP contribution in [-0.2, 0) is 14.3 Å². The third-order valence-electron chi connectivity index (χ3n) is 3.04. The summed E-state index contributed by atoms with van der Waals surface area (Å²) in [4.78, 5) is 27.3. The summed E-state index contributed by atoms with van der Waals surface area (Å²) in [5, 5.41) is 2.64. The molecule has 0 aromatic carbocycles. The van der Waals surface area contributed by atoms with Gasteiger partial charge >= 0.3 is 11.8 Å². The Morgan fingerprint density at radius 3 is 2.42 bits per heavy atom. The third kappa shape index (κ3) is 6.02. The molecule has 0 saturated carbocycles. The van der Waals surface area contributed by atoms with Crippen LogP contribution in [0.15, 0.2) is 0 Å². The first kappa shape index (κ1) is 15.9. The fourth-order valence-electron chi connectivity index (χ4n) is 1.82. The third-order valence-corrected chi connectivity index (χ3v) is 3.04. The molecule has 1 aliphatic heterocycles. The van der Waals surface area contributed by atoms with E-state index in [0.29, 0.717) is 26.2 Å². The van der Waals surface area contributed by atoms with Crippen molar-refractivity contribution in [1.29, 1.82) is 0 Å². The predicted molar refractivity (Wildman–Crippen MR) is 72.8 cm³/mol. The van der Waals surface area contributed by atoms with Gasteiger partial charge in [0.05, 0.1) is 6.10 Å². The zero-order valence-electron chi connectivity index (χ0n) is 12.1. The molecule has 0 atom stereocenters. The lowest BCUT2D eigenvalue weighted by Gasteiger charge is -2.31. The molecule has 0 aromatic heterocycles. The SMILES string of the molecule is CC(C)OCCCNC(=O)C(=O)N1CCN(C)CC1. The molecule has 0 bridgehead atoms. The zero-order chi connectivity index (χ0) is 14.3. The van der Waals surface area contributed by atoms with Gasteiger partial charge in [-0.25, -0.2) is 0 Å². The monoisotopic (exact) mass is 271 g/mol. The van der Waals surface area contributed by atoms with Gasteiger partial charge in [-0.2, -0.15) is 0 Å². The van der Waals surface area contributed by atoms with Crippen molar-refractivity contribution in [3.63, 3.8) is 0 Å². The number of nitrogens with zero attached hydrogens (tertiary/aromatic N) is 2. The largest absolute Gasteiger partial charge is 0.379 e. The van der Waals surface area contributed by atoms with Gasteiger partial charge in [-0.15, -0.1) is 0 Å². The molecule has 1 fully saturated rings. The minimum atomic E-state index is -0.505. The Bertz CT molecular complexity index is 300. The van der Waals surface area contributed by atoms with Crippen LogP contribution in [0.1, 0.15) is 20.3 Å². The maximum Gasteiger partial charge on any atom is 0.311 e. The number of amides is 2. The number of hydrogen-bond donors (Lipinski definition) is 1. The van der Waals surface area contributed by atoms with Crippen LogP contribution in [0, 0.1) is 0 Å². The van der Waals surface area contributed by atoms with Crippen molar-refractivity contribution < 1.29 is 14.3 Å². The molecule has 1 saturated heterocycles. The molecule has 1 heterocycles. The van der Waals surface area contributed by atoms with E-state index < -0.39 is 11.8 Å². The van der Waals surface area contributed by atoms with E-state index in [4.69, 9.17) is 4.74 Å². The van der Waals surface area contributed by atoms with Gasteiger partial charge < -0.3 is 19.9 Å². The highest BCUT2D eigenvalue weighted by molar-refractivity contribution is 6.35. The van der Waals surface area contributed by atoms with Gasteiger partial charge in [0.2, 0.25) is 0 Å². The molecule has 19 heavy (non-hydrogen) atoms. The van der Waals surface area contributed by atoms with Gasteiger partial charge in [-0.05, 0) is 27.3 Å². The standard InChI is InChI=1S/C13H25N3O3/c1-11(2)19-10-4-5-14-12(17)13(18)16-8-6-15(3)7-9-16/h11H,4-10H2,1-3H3,(H,14,17). The number of carbonyl (C=O) groups excluding carboxylic acids is 2. The Balaban J connectivity index is 2.16. The van der Waals surface area contributed by atoms with Crippen LogP contribution >= 0.6 is 0 Å². The maximum atomic E-state index is 11.8. The normalized spacial score (nSPS) is 16.7. The van der Waals surface area contributed by atoms with Gasteiger partial charge in [0, 0.05) is 39.3 Å². The smallest absolute Gasteiger partial charge is 0.311 e. The Morgan fingerprint density at radius 1 is 1.21 bits per heavy atom. The van der Waals surface area contributed by atoms with Gasteiger partial charge in [0.1, 0.15) is 0 Å². The van der Waals surface area contributed by atoms with E-state index in [1.54, 1.807) is 4.90 Å². The molecule has 0 aliphatic carbocycles. The summed E-state index contributed by atoms with van der Waals surface area (Å²) in [6.07, 6.45) is 0.919. The highest BCUT2D eigenvalue weighted by Gasteiger charge is 2.24. The second kappa shape index (κ2) is 8.12. The van der Waals surface area contributed by atoms with Crippen molar-refractivity contribution in [1.82, 2.24) is 15.1 Å². The molecule has 1 aliphatic rings. The first-order valence-electron chi connectivity index (χ1n) is 6.88. The lowest BCUT2D eigenvalue weighted by Crippen LogP contribution is -2.51. The van der Waals surface area contributed by atoms with Crippen LogP contribution in [0.5, 0.6) is 0 Å². The summed E-state index contributed by atoms with van der Waals surface area (Å²) < 4.78 is 5.36. The topological polar surface area (TPSA) is 61.9 Å². The molecule has 6 nitrogen and oxygen atoms in total. The van der Waals surface area contributed by atoms with E-state index in [2.05, 4.69) is 10.2 Å². The predicted octanol–water partition coefficient (Wildman–Crippen LogP) is -0.308. The minimum Gasteiger partial charge on any atom is -0.379 e. The van der Waals surface area contributed by atoms with E-state index in [1.807, 2.05) is 20.9 Å². The van der Waals surface area contributed by atoms with Crippen molar-refractivity contribution >= 4 is 11.8 Å². The van der Waals surface area contributed by atoms with Crippen molar-refractivity contribution in [2.45, 2.75) is 26.4 Å². The lowest BCUT2D eigenvalue weighted by molar-refractivity contribution is -0.146. The second-order valence-electron chi connectivity index (χ2n) is 5.12. The quantitative estimate of drug-likeness (QED) is 0.550. The molecule has 0 aromatic rings. The Kier molecular flexibility index (Phi) is 6.80. The van der Waals surface area contributed by atoms with Crippen LogP contribution in [-0.4, -0.2) is 74.1 Å². The molecule has 0 radical (unpaired) electrons. The maximum absolute atomic E-state index is 11.8. The summed E-state index contributed by atoms with van der Waals surface area (Å²) in [6, 6.07) is 0. The number of hydrogen-bond acceptors (Lipinski definition) is 4. The Labute approximate surface area is 115 Å². The van der Waals surface area contributed by atoms with Gasteiger partial charge in [0.15, 0.2) is 0 Å². The number of carbonyl (C=O) groups is 2. The molecule has 2 amide bonds. The van der Waals surface area contributed by atoms with Crippen LogP contribution in [0.3, 0.4) is 0 Å². The average Bonchev–Trinajstić information content (AvgIpc) is 2.37. The van der Waals surface area contributed by atoms with E-state index in [0.717, 1.165) is 19.5 Å². The molecule has 0 unspecified atom stereocenters. The van der Waals surface area contributed by atoms with Crippen molar-refractivity contribution in [3.8, 4) is 0 Å². The van der Waals surface area contributed by atoms with Crippen LogP contribution in [0.2, 0.25) is 0 Å². The number of likely N-dealkylation sites (N-methyl/N-ethyl adjacent to an activating group) is 1. The number of nitrogens with one attached hydrogen (secondary N) is 1. The highest BCUT2D eigenvalue weighted by Crippen LogP contribution is 1.99. The molecular formula is C13H25N3O3. The molecule has 6 heteroatoms. The van der Waals surface area contributed by atoms with Gasteiger partial charge in [-0.3, -0.25) is 9.59 Å². The summed E-state index contributed by atoms with van der Waals surface area (Å²) in [5.41, 5.74) is 0. The molecular weight excluding hydrogens is 246 g/mol. The Hall–Kier alpha value is -1.14. The minimum absolute atomic E-state index is 0.197.